The van der Waals surface area contributed by atoms with Gasteiger partial charge in [-0.25, -0.2) is 9.97 Å². The lowest BCUT2D eigenvalue weighted by Gasteiger charge is -2.08. The quantitative estimate of drug-likeness (QED) is 0.517. The van der Waals surface area contributed by atoms with Gasteiger partial charge in [-0.15, -0.1) is 0 Å². The van der Waals surface area contributed by atoms with E-state index in [0.717, 1.165) is 26.5 Å². The van der Waals surface area contributed by atoms with Crippen LogP contribution in [0, 0.1) is 6.92 Å². The Labute approximate surface area is 134 Å². The molecule has 0 saturated carbocycles. The first kappa shape index (κ1) is 13.8. The van der Waals surface area contributed by atoms with Crippen LogP contribution in [0.2, 0.25) is 10.2 Å². The zero-order valence-corrected chi connectivity index (χ0v) is 13.6. The number of aromatic nitrogens is 2. The number of hydrogen-bond acceptors (Lipinski definition) is 2. The highest BCUT2D eigenvalue weighted by Gasteiger charge is 2.12. The molecule has 0 aliphatic rings. The standard InChI is InChI=1S/C15H9BrCl2N2/c1-8-6-9(16)7-11-13(8)19-15(20-14(11)18)10-4-2-3-5-12(10)17/h2-7H,1H3. The number of rotatable bonds is 1. The van der Waals surface area contributed by atoms with E-state index in [0.29, 0.717) is 16.0 Å². The Balaban J connectivity index is 2.33. The van der Waals surface area contributed by atoms with E-state index >= 15 is 0 Å². The van der Waals surface area contributed by atoms with Crippen molar-refractivity contribution in [2.45, 2.75) is 6.92 Å². The smallest absolute Gasteiger partial charge is 0.163 e. The van der Waals surface area contributed by atoms with Gasteiger partial charge in [0.15, 0.2) is 5.82 Å². The fraction of sp³-hybridized carbons (Fsp3) is 0.0667. The highest BCUT2D eigenvalue weighted by atomic mass is 79.9. The maximum Gasteiger partial charge on any atom is 0.163 e. The normalized spacial score (nSPS) is 11.0. The van der Waals surface area contributed by atoms with E-state index in [1.165, 1.54) is 0 Å². The van der Waals surface area contributed by atoms with Gasteiger partial charge >= 0.3 is 0 Å². The van der Waals surface area contributed by atoms with Gasteiger partial charge in [0.1, 0.15) is 5.15 Å². The number of benzene rings is 2. The second kappa shape index (κ2) is 5.32. The van der Waals surface area contributed by atoms with Gasteiger partial charge in [-0.05, 0) is 36.8 Å². The number of nitrogens with zero attached hydrogens (tertiary/aromatic N) is 2. The summed E-state index contributed by atoms with van der Waals surface area (Å²) in [6.07, 6.45) is 0. The van der Waals surface area contributed by atoms with Crippen LogP contribution in [0.15, 0.2) is 40.9 Å². The van der Waals surface area contributed by atoms with E-state index in [-0.39, 0.29) is 0 Å². The first-order valence-corrected chi connectivity index (χ1v) is 7.49. The Hall–Kier alpha value is -1.16. The molecular formula is C15H9BrCl2N2. The van der Waals surface area contributed by atoms with E-state index in [9.17, 15) is 0 Å². The zero-order valence-electron chi connectivity index (χ0n) is 10.5. The molecule has 20 heavy (non-hydrogen) atoms. The minimum absolute atomic E-state index is 0.425. The van der Waals surface area contributed by atoms with Crippen LogP contribution < -0.4 is 0 Å². The summed E-state index contributed by atoms with van der Waals surface area (Å²) in [7, 11) is 0. The van der Waals surface area contributed by atoms with Crippen molar-refractivity contribution in [3.63, 3.8) is 0 Å². The summed E-state index contributed by atoms with van der Waals surface area (Å²) in [6.45, 7) is 1.99. The summed E-state index contributed by atoms with van der Waals surface area (Å²) >= 11 is 15.9. The molecule has 0 atom stereocenters. The van der Waals surface area contributed by atoms with Gasteiger partial charge in [-0.2, -0.15) is 0 Å². The summed E-state index contributed by atoms with van der Waals surface area (Å²) in [4.78, 5) is 8.97. The minimum Gasteiger partial charge on any atom is -0.228 e. The molecule has 0 radical (unpaired) electrons. The Morgan fingerprint density at radius 1 is 1.05 bits per heavy atom. The summed E-state index contributed by atoms with van der Waals surface area (Å²) in [6, 6.07) is 11.4. The Morgan fingerprint density at radius 3 is 2.55 bits per heavy atom. The van der Waals surface area contributed by atoms with Gasteiger partial charge in [0, 0.05) is 15.4 Å². The molecule has 3 aromatic rings. The highest BCUT2D eigenvalue weighted by Crippen LogP contribution is 2.31. The van der Waals surface area contributed by atoms with Crippen LogP contribution in [0.25, 0.3) is 22.3 Å². The SMILES string of the molecule is Cc1cc(Br)cc2c(Cl)nc(-c3ccccc3Cl)nc12. The van der Waals surface area contributed by atoms with Crippen LogP contribution in [0.1, 0.15) is 5.56 Å². The maximum atomic E-state index is 6.29. The first-order valence-electron chi connectivity index (χ1n) is 5.94. The predicted molar refractivity (Wildman–Crippen MR) is 87.4 cm³/mol. The van der Waals surface area contributed by atoms with Crippen molar-refractivity contribution in [3.05, 3.63) is 56.6 Å². The molecule has 0 N–H and O–H groups in total. The molecule has 1 aromatic heterocycles. The van der Waals surface area contributed by atoms with Crippen LogP contribution in [0.3, 0.4) is 0 Å². The summed E-state index contributed by atoms with van der Waals surface area (Å²) in [5, 5.41) is 1.86. The molecule has 2 aromatic carbocycles. The van der Waals surface area contributed by atoms with Crippen LogP contribution >= 0.6 is 39.1 Å². The third-order valence-corrected chi connectivity index (χ3v) is 4.10. The van der Waals surface area contributed by atoms with Gasteiger partial charge in [0.25, 0.3) is 0 Å². The highest BCUT2D eigenvalue weighted by molar-refractivity contribution is 9.10. The Morgan fingerprint density at radius 2 is 1.80 bits per heavy atom. The van der Waals surface area contributed by atoms with Gasteiger partial charge in [0.2, 0.25) is 0 Å². The molecule has 100 valence electrons. The number of hydrogen-bond donors (Lipinski definition) is 0. The number of fused-ring (bicyclic) bond motifs is 1. The van der Waals surface area contributed by atoms with Crippen LogP contribution in [-0.2, 0) is 0 Å². The lowest BCUT2D eigenvalue weighted by Crippen LogP contribution is -1.94. The van der Waals surface area contributed by atoms with Crippen LogP contribution in [0.5, 0.6) is 0 Å². The summed E-state index contributed by atoms with van der Waals surface area (Å²) in [5.41, 5.74) is 2.65. The molecule has 5 heteroatoms. The maximum absolute atomic E-state index is 6.29. The average Bonchev–Trinajstić information content (AvgIpc) is 2.40. The summed E-state index contributed by atoms with van der Waals surface area (Å²) in [5.74, 6) is 0.540. The molecule has 2 nitrogen and oxygen atoms in total. The van der Waals surface area contributed by atoms with E-state index in [4.69, 9.17) is 23.2 Å². The fourth-order valence-corrected chi connectivity index (χ4v) is 3.10. The molecule has 0 saturated heterocycles. The topological polar surface area (TPSA) is 25.8 Å². The first-order chi connectivity index (χ1) is 9.56. The van der Waals surface area contributed by atoms with Crippen molar-refractivity contribution in [1.82, 2.24) is 9.97 Å². The molecule has 0 aliphatic heterocycles. The van der Waals surface area contributed by atoms with Crippen LogP contribution in [0.4, 0.5) is 0 Å². The summed E-state index contributed by atoms with van der Waals surface area (Å²) < 4.78 is 0.957. The molecule has 1 heterocycles. The second-order valence-corrected chi connectivity index (χ2v) is 6.12. The molecule has 0 amide bonds. The number of aryl methyl sites for hydroxylation is 1. The third-order valence-electron chi connectivity index (χ3n) is 3.02. The lowest BCUT2D eigenvalue weighted by molar-refractivity contribution is 1.21. The number of halogens is 3. The van der Waals surface area contributed by atoms with E-state index in [1.807, 2.05) is 43.3 Å². The second-order valence-electron chi connectivity index (χ2n) is 4.44. The zero-order chi connectivity index (χ0) is 14.3. The molecule has 0 bridgehead atoms. The van der Waals surface area contributed by atoms with Gasteiger partial charge < -0.3 is 0 Å². The molecule has 0 unspecified atom stereocenters. The van der Waals surface area contributed by atoms with Crippen LogP contribution in [-0.4, -0.2) is 9.97 Å². The third kappa shape index (κ3) is 2.41. The molecular weight excluding hydrogens is 359 g/mol. The lowest BCUT2D eigenvalue weighted by atomic mass is 10.1. The van der Waals surface area contributed by atoms with Crippen molar-refractivity contribution >= 4 is 50.0 Å². The molecule has 0 aliphatic carbocycles. The largest absolute Gasteiger partial charge is 0.228 e. The van der Waals surface area contributed by atoms with Crippen molar-refractivity contribution in [1.29, 1.82) is 0 Å². The van der Waals surface area contributed by atoms with E-state index in [2.05, 4.69) is 25.9 Å². The van der Waals surface area contributed by atoms with E-state index < -0.39 is 0 Å². The van der Waals surface area contributed by atoms with Gasteiger partial charge in [-0.3, -0.25) is 0 Å². The van der Waals surface area contributed by atoms with E-state index in [1.54, 1.807) is 0 Å². The monoisotopic (exact) mass is 366 g/mol. The molecule has 0 fully saturated rings. The van der Waals surface area contributed by atoms with Crippen molar-refractivity contribution in [2.24, 2.45) is 0 Å². The average molecular weight is 368 g/mol. The predicted octanol–water partition coefficient (Wildman–Crippen LogP) is 5.67. The van der Waals surface area contributed by atoms with Crippen molar-refractivity contribution in [3.8, 4) is 11.4 Å². The Kier molecular flexibility index (Phi) is 3.67. The van der Waals surface area contributed by atoms with Crippen molar-refractivity contribution < 1.29 is 0 Å². The fourth-order valence-electron chi connectivity index (χ4n) is 2.09. The minimum atomic E-state index is 0.425. The van der Waals surface area contributed by atoms with Gasteiger partial charge in [0.05, 0.1) is 10.5 Å². The Bertz CT molecular complexity index is 818. The molecule has 3 rings (SSSR count). The van der Waals surface area contributed by atoms with Crippen molar-refractivity contribution in [2.75, 3.05) is 0 Å². The van der Waals surface area contributed by atoms with Gasteiger partial charge in [-0.1, -0.05) is 51.3 Å². The molecule has 0 spiro atoms.